The van der Waals surface area contributed by atoms with Gasteiger partial charge in [0.1, 0.15) is 6.04 Å². The van der Waals surface area contributed by atoms with Crippen LogP contribution in [0.15, 0.2) is 121 Å². The zero-order chi connectivity index (χ0) is 27.0. The summed E-state index contributed by atoms with van der Waals surface area (Å²) < 4.78 is 10.5. The van der Waals surface area contributed by atoms with E-state index in [1.54, 1.807) is 6.92 Å². The summed E-state index contributed by atoms with van der Waals surface area (Å²) in [7, 11) is 2.70. The van der Waals surface area contributed by atoms with E-state index in [1.165, 1.54) is 14.2 Å². The Morgan fingerprint density at radius 1 is 0.632 bits per heavy atom. The SMILES string of the molecule is COC(=O)[C@H]([C@@H](C)C(=O)OC)N(Cc1ccccc1)C(c1ccccc1)(c1ccccc1)c1ccccc1. The Labute approximate surface area is 224 Å². The molecule has 0 aromatic heterocycles. The molecule has 0 unspecified atom stereocenters. The van der Waals surface area contributed by atoms with Crippen LogP contribution in [0.2, 0.25) is 0 Å². The molecule has 0 saturated carbocycles. The van der Waals surface area contributed by atoms with Crippen molar-refractivity contribution in [2.75, 3.05) is 14.2 Å². The van der Waals surface area contributed by atoms with E-state index in [9.17, 15) is 9.59 Å². The fourth-order valence-corrected chi connectivity index (χ4v) is 5.28. The van der Waals surface area contributed by atoms with Gasteiger partial charge in [0, 0.05) is 6.54 Å². The van der Waals surface area contributed by atoms with Crippen LogP contribution in [0.25, 0.3) is 0 Å². The summed E-state index contributed by atoms with van der Waals surface area (Å²) in [6, 6.07) is 39.3. The van der Waals surface area contributed by atoms with Gasteiger partial charge in [-0.1, -0.05) is 121 Å². The predicted molar refractivity (Wildman–Crippen MR) is 148 cm³/mol. The molecule has 4 rings (SSSR count). The van der Waals surface area contributed by atoms with Crippen molar-refractivity contribution in [2.24, 2.45) is 5.92 Å². The number of ether oxygens (including phenoxy) is 2. The van der Waals surface area contributed by atoms with E-state index < -0.39 is 29.4 Å². The van der Waals surface area contributed by atoms with E-state index in [0.29, 0.717) is 6.54 Å². The average Bonchev–Trinajstić information content (AvgIpc) is 2.99. The highest BCUT2D eigenvalue weighted by atomic mass is 16.5. The Balaban J connectivity index is 2.13. The van der Waals surface area contributed by atoms with E-state index in [1.807, 2.05) is 84.9 Å². The van der Waals surface area contributed by atoms with Crippen molar-refractivity contribution in [3.63, 3.8) is 0 Å². The number of nitrogens with zero attached hydrogens (tertiary/aromatic N) is 1. The summed E-state index contributed by atoms with van der Waals surface area (Å²) in [6.45, 7) is 2.08. The number of carbonyl (C=O) groups is 2. The van der Waals surface area contributed by atoms with Crippen molar-refractivity contribution in [1.82, 2.24) is 4.90 Å². The van der Waals surface area contributed by atoms with Crippen molar-refractivity contribution in [3.8, 4) is 0 Å². The molecule has 5 heteroatoms. The maximum Gasteiger partial charge on any atom is 0.324 e. The maximum atomic E-state index is 13.7. The highest BCUT2D eigenvalue weighted by molar-refractivity contribution is 5.84. The summed E-state index contributed by atoms with van der Waals surface area (Å²) in [5.41, 5.74) is 2.91. The number of rotatable bonds is 10. The van der Waals surface area contributed by atoms with E-state index >= 15 is 0 Å². The minimum absolute atomic E-state index is 0.362. The van der Waals surface area contributed by atoms with Crippen molar-refractivity contribution < 1.29 is 19.1 Å². The monoisotopic (exact) mass is 507 g/mol. The number of esters is 2. The Kier molecular flexibility index (Phi) is 8.72. The largest absolute Gasteiger partial charge is 0.469 e. The highest BCUT2D eigenvalue weighted by Gasteiger charge is 2.50. The lowest BCUT2D eigenvalue weighted by molar-refractivity contribution is -0.161. The second-order valence-corrected chi connectivity index (χ2v) is 9.20. The predicted octanol–water partition coefficient (Wildman–Crippen LogP) is 5.83. The minimum atomic E-state index is -0.965. The quantitative estimate of drug-likeness (QED) is 0.200. The zero-order valence-electron chi connectivity index (χ0n) is 22.0. The number of benzene rings is 4. The Bertz CT molecular complexity index is 1210. The molecule has 5 nitrogen and oxygen atoms in total. The lowest BCUT2D eigenvalue weighted by Gasteiger charge is -2.49. The van der Waals surface area contributed by atoms with Crippen molar-refractivity contribution >= 4 is 11.9 Å². The molecule has 38 heavy (non-hydrogen) atoms. The van der Waals surface area contributed by atoms with Crippen molar-refractivity contribution in [2.45, 2.75) is 25.0 Å². The van der Waals surface area contributed by atoms with E-state index in [0.717, 1.165) is 22.3 Å². The third-order valence-corrected chi connectivity index (χ3v) is 7.03. The first kappa shape index (κ1) is 26.8. The van der Waals surface area contributed by atoms with Crippen LogP contribution < -0.4 is 0 Å². The average molecular weight is 508 g/mol. The molecular weight excluding hydrogens is 474 g/mol. The van der Waals surface area contributed by atoms with Gasteiger partial charge >= 0.3 is 11.9 Å². The van der Waals surface area contributed by atoms with Crippen LogP contribution in [-0.2, 0) is 31.1 Å². The molecule has 0 amide bonds. The first-order valence-corrected chi connectivity index (χ1v) is 12.7. The van der Waals surface area contributed by atoms with Crippen LogP contribution in [0.1, 0.15) is 29.2 Å². The Morgan fingerprint density at radius 3 is 1.37 bits per heavy atom. The van der Waals surface area contributed by atoms with E-state index in [2.05, 4.69) is 41.3 Å². The lowest BCUT2D eigenvalue weighted by atomic mass is 9.73. The van der Waals surface area contributed by atoms with Gasteiger partial charge in [-0.05, 0) is 29.2 Å². The molecule has 0 aliphatic rings. The Hall–Kier alpha value is -4.22. The van der Waals surface area contributed by atoms with Gasteiger partial charge in [0.15, 0.2) is 0 Å². The third-order valence-electron chi connectivity index (χ3n) is 7.03. The molecule has 0 radical (unpaired) electrons. The fraction of sp³-hybridized carbons (Fsp3) is 0.212. The van der Waals surface area contributed by atoms with Crippen LogP contribution in [0.5, 0.6) is 0 Å². The molecule has 4 aromatic carbocycles. The molecule has 194 valence electrons. The molecule has 0 aliphatic carbocycles. The number of methoxy groups -OCH3 is 2. The summed E-state index contributed by atoms with van der Waals surface area (Å²) in [5, 5.41) is 0. The molecule has 2 atom stereocenters. The van der Waals surface area contributed by atoms with Crippen LogP contribution in [-0.4, -0.2) is 37.1 Å². The van der Waals surface area contributed by atoms with Gasteiger partial charge in [-0.2, -0.15) is 0 Å². The van der Waals surface area contributed by atoms with Crippen LogP contribution >= 0.6 is 0 Å². The Morgan fingerprint density at radius 2 is 1.00 bits per heavy atom. The van der Waals surface area contributed by atoms with E-state index in [-0.39, 0.29) is 0 Å². The van der Waals surface area contributed by atoms with Gasteiger partial charge < -0.3 is 9.47 Å². The summed E-state index contributed by atoms with van der Waals surface area (Å²) >= 11 is 0. The highest BCUT2D eigenvalue weighted by Crippen LogP contribution is 2.45. The number of hydrogen-bond donors (Lipinski definition) is 0. The van der Waals surface area contributed by atoms with Crippen LogP contribution in [0.4, 0.5) is 0 Å². The third kappa shape index (κ3) is 5.24. The summed E-state index contributed by atoms with van der Waals surface area (Å²) in [6.07, 6.45) is 0. The number of hydrogen-bond acceptors (Lipinski definition) is 5. The molecule has 0 saturated heterocycles. The van der Waals surface area contributed by atoms with Gasteiger partial charge in [-0.3, -0.25) is 14.5 Å². The van der Waals surface area contributed by atoms with Gasteiger partial charge in [0.2, 0.25) is 0 Å². The first-order chi connectivity index (χ1) is 18.5. The molecule has 0 N–H and O–H groups in total. The van der Waals surface area contributed by atoms with Gasteiger partial charge in [0.05, 0.1) is 25.7 Å². The van der Waals surface area contributed by atoms with Crippen LogP contribution in [0.3, 0.4) is 0 Å². The smallest absolute Gasteiger partial charge is 0.324 e. The molecule has 0 spiro atoms. The normalized spacial score (nSPS) is 12.9. The first-order valence-electron chi connectivity index (χ1n) is 12.7. The summed E-state index contributed by atoms with van der Waals surface area (Å²) in [4.78, 5) is 28.8. The number of carbonyl (C=O) groups excluding carboxylic acids is 2. The topological polar surface area (TPSA) is 55.8 Å². The second-order valence-electron chi connectivity index (χ2n) is 9.20. The molecule has 0 heterocycles. The fourth-order valence-electron chi connectivity index (χ4n) is 5.28. The van der Waals surface area contributed by atoms with Gasteiger partial charge in [-0.15, -0.1) is 0 Å². The van der Waals surface area contributed by atoms with Crippen LogP contribution in [0, 0.1) is 5.92 Å². The summed E-state index contributed by atoms with van der Waals surface area (Å²) in [5.74, 6) is -1.81. The molecule has 4 aromatic rings. The van der Waals surface area contributed by atoms with Gasteiger partial charge in [0.25, 0.3) is 0 Å². The standard InChI is InChI=1S/C33H33NO4/c1-25(31(35)37-2)30(32(36)38-3)34(24-26-16-8-4-9-17-26)33(27-18-10-5-11-19-27,28-20-12-6-13-21-28)29-22-14-7-15-23-29/h4-23,25,30H,24H2,1-3H3/t25-,30+/m1/s1. The second kappa shape index (κ2) is 12.3. The van der Waals surface area contributed by atoms with Crippen molar-refractivity contribution in [1.29, 1.82) is 0 Å². The minimum Gasteiger partial charge on any atom is -0.469 e. The van der Waals surface area contributed by atoms with E-state index in [4.69, 9.17) is 9.47 Å². The lowest BCUT2D eigenvalue weighted by Crippen LogP contribution is -2.58. The molecule has 0 fully saturated rings. The van der Waals surface area contributed by atoms with Gasteiger partial charge in [-0.25, -0.2) is 0 Å². The molecule has 0 aliphatic heterocycles. The van der Waals surface area contributed by atoms with Crippen molar-refractivity contribution in [3.05, 3.63) is 144 Å². The zero-order valence-corrected chi connectivity index (χ0v) is 22.0. The molecule has 0 bridgehead atoms. The maximum absolute atomic E-state index is 13.7. The molecular formula is C33H33NO4.